The number of aryl methyl sites for hydroxylation is 1. The van der Waals surface area contributed by atoms with E-state index in [1.54, 1.807) is 0 Å². The zero-order valence-electron chi connectivity index (χ0n) is 19.9. The normalized spacial score (nSPS) is 13.0. The summed E-state index contributed by atoms with van der Waals surface area (Å²) in [6, 6.07) is 5.21. The summed E-state index contributed by atoms with van der Waals surface area (Å²) in [6.45, 7) is 4.81. The van der Waals surface area contributed by atoms with E-state index in [-0.39, 0.29) is 11.5 Å². The standard InChI is InChI=1S/C23H23F5N4O4/c1-11-7-6-8-14(24)18(11)29-19(33)13-9-15(25)16(10-17(13)36-12(2)23(26,27)28)32-21(34)31(5)20(30-32)22(3,4)35/h6-10,12,35H,1-5H3,(H,29,33)/t12-/m0/s1. The van der Waals surface area contributed by atoms with Gasteiger partial charge in [0.05, 0.1) is 11.3 Å². The minimum atomic E-state index is -4.85. The number of aromatic nitrogens is 3. The van der Waals surface area contributed by atoms with Gasteiger partial charge in [0, 0.05) is 13.1 Å². The summed E-state index contributed by atoms with van der Waals surface area (Å²) in [7, 11) is 1.26. The highest BCUT2D eigenvalue weighted by atomic mass is 19.4. The van der Waals surface area contributed by atoms with Crippen LogP contribution in [0.5, 0.6) is 5.75 Å². The Morgan fingerprint density at radius 3 is 2.33 bits per heavy atom. The fourth-order valence-electron chi connectivity index (χ4n) is 3.34. The fraction of sp³-hybridized carbons (Fsp3) is 0.348. The summed E-state index contributed by atoms with van der Waals surface area (Å²) in [5, 5.41) is 16.3. The summed E-state index contributed by atoms with van der Waals surface area (Å²) in [4.78, 5) is 25.6. The van der Waals surface area contributed by atoms with Gasteiger partial charge in [0.1, 0.15) is 28.7 Å². The molecule has 3 rings (SSSR count). The minimum Gasteiger partial charge on any atom is -0.480 e. The van der Waals surface area contributed by atoms with Crippen molar-refractivity contribution < 1.29 is 36.6 Å². The molecule has 2 N–H and O–H groups in total. The van der Waals surface area contributed by atoms with Gasteiger partial charge < -0.3 is 15.2 Å². The summed E-state index contributed by atoms with van der Waals surface area (Å²) >= 11 is 0. The number of nitrogens with zero attached hydrogens (tertiary/aromatic N) is 3. The van der Waals surface area contributed by atoms with Crippen LogP contribution in [0.15, 0.2) is 35.1 Å². The van der Waals surface area contributed by atoms with Crippen LogP contribution in [0.4, 0.5) is 27.6 Å². The van der Waals surface area contributed by atoms with Crippen LogP contribution in [0.25, 0.3) is 5.69 Å². The Kier molecular flexibility index (Phi) is 6.99. The third kappa shape index (κ3) is 5.25. The number of amides is 1. The van der Waals surface area contributed by atoms with Crippen LogP contribution in [0.2, 0.25) is 0 Å². The SMILES string of the molecule is Cc1cccc(F)c1NC(=O)c1cc(F)c(-n2nc(C(C)(C)O)n(C)c2=O)cc1O[C@@H](C)C(F)(F)F. The molecule has 0 aliphatic heterocycles. The zero-order valence-corrected chi connectivity index (χ0v) is 19.9. The predicted molar refractivity (Wildman–Crippen MR) is 119 cm³/mol. The van der Waals surface area contributed by atoms with Gasteiger partial charge in [0.25, 0.3) is 5.91 Å². The number of halogens is 5. The molecule has 1 aromatic heterocycles. The van der Waals surface area contributed by atoms with Crippen LogP contribution in [-0.4, -0.2) is 37.6 Å². The monoisotopic (exact) mass is 514 g/mol. The lowest BCUT2D eigenvalue weighted by Crippen LogP contribution is -2.32. The summed E-state index contributed by atoms with van der Waals surface area (Å²) in [5.41, 5.74) is -3.78. The van der Waals surface area contributed by atoms with Crippen LogP contribution in [-0.2, 0) is 12.6 Å². The highest BCUT2D eigenvalue weighted by Gasteiger charge is 2.39. The van der Waals surface area contributed by atoms with Gasteiger partial charge in [0.2, 0.25) is 0 Å². The average Bonchev–Trinajstić information content (AvgIpc) is 3.05. The number of alkyl halides is 3. The van der Waals surface area contributed by atoms with E-state index in [2.05, 4.69) is 10.4 Å². The van der Waals surface area contributed by atoms with E-state index in [9.17, 15) is 32.3 Å². The minimum absolute atomic E-state index is 0.158. The number of carbonyl (C=O) groups excluding carboxylic acids is 1. The zero-order chi connectivity index (χ0) is 27.2. The average molecular weight is 514 g/mol. The van der Waals surface area contributed by atoms with Crippen LogP contribution in [0.3, 0.4) is 0 Å². The van der Waals surface area contributed by atoms with Crippen LogP contribution < -0.4 is 15.7 Å². The maximum Gasteiger partial charge on any atom is 0.425 e. The van der Waals surface area contributed by atoms with E-state index in [4.69, 9.17) is 4.74 Å². The molecule has 1 atom stereocenters. The number of rotatable bonds is 6. The molecule has 0 radical (unpaired) electrons. The Balaban J connectivity index is 2.18. The van der Waals surface area contributed by atoms with Gasteiger partial charge in [-0.3, -0.25) is 9.36 Å². The first-order chi connectivity index (χ1) is 16.5. The van der Waals surface area contributed by atoms with Crippen molar-refractivity contribution in [1.29, 1.82) is 0 Å². The largest absolute Gasteiger partial charge is 0.480 e. The molecule has 1 amide bonds. The number of hydrogen-bond donors (Lipinski definition) is 2. The second kappa shape index (κ2) is 9.37. The van der Waals surface area contributed by atoms with Gasteiger partial charge in [0.15, 0.2) is 11.9 Å². The lowest BCUT2D eigenvalue weighted by molar-refractivity contribution is -0.189. The van der Waals surface area contributed by atoms with E-state index < -0.39 is 58.1 Å². The summed E-state index contributed by atoms with van der Waals surface area (Å²) < 4.78 is 75.4. The topological polar surface area (TPSA) is 98.4 Å². The van der Waals surface area contributed by atoms with Crippen molar-refractivity contribution >= 4 is 11.6 Å². The number of benzene rings is 2. The Morgan fingerprint density at radius 2 is 1.81 bits per heavy atom. The van der Waals surface area contributed by atoms with Gasteiger partial charge in [-0.25, -0.2) is 13.6 Å². The molecular formula is C23H23F5N4O4. The van der Waals surface area contributed by atoms with E-state index in [1.165, 1.54) is 40.0 Å². The lowest BCUT2D eigenvalue weighted by Gasteiger charge is -2.20. The molecule has 0 bridgehead atoms. The molecule has 0 fully saturated rings. The van der Waals surface area contributed by atoms with Crippen LogP contribution >= 0.6 is 0 Å². The van der Waals surface area contributed by atoms with Crippen molar-refractivity contribution in [1.82, 2.24) is 14.3 Å². The molecule has 0 saturated carbocycles. The number of ether oxygens (including phenoxy) is 1. The molecule has 13 heteroatoms. The molecule has 194 valence electrons. The first-order valence-corrected chi connectivity index (χ1v) is 10.5. The van der Waals surface area contributed by atoms with Crippen molar-refractivity contribution in [2.24, 2.45) is 7.05 Å². The number of aliphatic hydroxyl groups is 1. The Bertz CT molecular complexity index is 1350. The molecule has 0 aliphatic rings. The number of carbonyl (C=O) groups is 1. The van der Waals surface area contributed by atoms with Crippen LogP contribution in [0.1, 0.15) is 42.5 Å². The first kappa shape index (κ1) is 26.9. The van der Waals surface area contributed by atoms with Crippen LogP contribution in [0, 0.1) is 18.6 Å². The Morgan fingerprint density at radius 1 is 1.17 bits per heavy atom. The predicted octanol–water partition coefficient (Wildman–Crippen LogP) is 3.97. The highest BCUT2D eigenvalue weighted by Crippen LogP contribution is 2.32. The Labute approximate surface area is 201 Å². The smallest absolute Gasteiger partial charge is 0.425 e. The molecule has 0 spiro atoms. The molecule has 2 aromatic carbocycles. The Hall–Kier alpha value is -3.74. The van der Waals surface area contributed by atoms with Crippen molar-refractivity contribution in [3.63, 3.8) is 0 Å². The molecule has 1 heterocycles. The van der Waals surface area contributed by atoms with E-state index in [0.29, 0.717) is 29.3 Å². The first-order valence-electron chi connectivity index (χ1n) is 10.5. The van der Waals surface area contributed by atoms with Gasteiger partial charge >= 0.3 is 11.9 Å². The number of nitrogens with one attached hydrogen (secondary N) is 1. The van der Waals surface area contributed by atoms with Crippen molar-refractivity contribution in [2.75, 3.05) is 5.32 Å². The molecule has 36 heavy (non-hydrogen) atoms. The fourth-order valence-corrected chi connectivity index (χ4v) is 3.34. The lowest BCUT2D eigenvalue weighted by atomic mass is 10.1. The molecule has 0 aliphatic carbocycles. The second-order valence-corrected chi connectivity index (χ2v) is 8.62. The number of anilines is 1. The molecule has 0 saturated heterocycles. The third-order valence-electron chi connectivity index (χ3n) is 5.27. The van der Waals surface area contributed by atoms with E-state index >= 15 is 4.39 Å². The maximum absolute atomic E-state index is 15.2. The van der Waals surface area contributed by atoms with Gasteiger partial charge in [-0.2, -0.15) is 17.9 Å². The van der Waals surface area contributed by atoms with E-state index in [1.807, 2.05) is 0 Å². The number of hydrogen-bond acceptors (Lipinski definition) is 5. The van der Waals surface area contributed by atoms with Crippen molar-refractivity contribution in [2.45, 2.75) is 45.6 Å². The molecule has 3 aromatic rings. The van der Waals surface area contributed by atoms with Crippen molar-refractivity contribution in [3.8, 4) is 11.4 Å². The highest BCUT2D eigenvalue weighted by molar-refractivity contribution is 6.06. The maximum atomic E-state index is 15.2. The molecular weight excluding hydrogens is 491 g/mol. The summed E-state index contributed by atoms with van der Waals surface area (Å²) in [5.74, 6) is -4.06. The molecule has 0 unspecified atom stereocenters. The van der Waals surface area contributed by atoms with Gasteiger partial charge in [-0.15, -0.1) is 5.10 Å². The van der Waals surface area contributed by atoms with Crippen molar-refractivity contribution in [3.05, 3.63) is 69.4 Å². The molecule has 8 nitrogen and oxygen atoms in total. The quantitative estimate of drug-likeness (QED) is 0.486. The van der Waals surface area contributed by atoms with Gasteiger partial charge in [-0.05, 0) is 45.4 Å². The third-order valence-corrected chi connectivity index (χ3v) is 5.27. The van der Waals surface area contributed by atoms with Gasteiger partial charge in [-0.1, -0.05) is 12.1 Å². The van der Waals surface area contributed by atoms with E-state index in [0.717, 1.165) is 10.6 Å². The summed E-state index contributed by atoms with van der Waals surface area (Å²) in [6.07, 6.45) is -7.27. The number of para-hydroxylation sites is 1. The second-order valence-electron chi connectivity index (χ2n) is 8.62.